The second-order valence-electron chi connectivity index (χ2n) is 4.32. The number of furan rings is 1. The quantitative estimate of drug-likeness (QED) is 0.911. The molecule has 1 amide bonds. The molecule has 0 aliphatic carbocycles. The predicted molar refractivity (Wildman–Crippen MR) is 74.1 cm³/mol. The van der Waals surface area contributed by atoms with Crippen LogP contribution in [0.3, 0.4) is 0 Å². The molecule has 20 heavy (non-hydrogen) atoms. The molecule has 1 aromatic carbocycles. The average molecular weight is 275 g/mol. The number of nitrogens with one attached hydrogen (secondary N) is 1. The maximum atomic E-state index is 12.0. The van der Waals surface area contributed by atoms with Gasteiger partial charge in [-0.1, -0.05) is 0 Å². The molecular formula is C15H17NO4. The van der Waals surface area contributed by atoms with Gasteiger partial charge in [-0.2, -0.15) is 0 Å². The Kier molecular flexibility index (Phi) is 4.30. The molecular weight excluding hydrogens is 258 g/mol. The third-order valence-electron chi connectivity index (χ3n) is 3.04. The largest absolute Gasteiger partial charge is 0.497 e. The Labute approximate surface area is 117 Å². The van der Waals surface area contributed by atoms with Crippen molar-refractivity contribution in [2.45, 2.75) is 13.0 Å². The van der Waals surface area contributed by atoms with Crippen molar-refractivity contribution in [3.8, 4) is 11.5 Å². The van der Waals surface area contributed by atoms with Crippen molar-refractivity contribution < 1.29 is 18.7 Å². The van der Waals surface area contributed by atoms with E-state index in [2.05, 4.69) is 5.32 Å². The summed E-state index contributed by atoms with van der Waals surface area (Å²) in [4.78, 5) is 12.0. The van der Waals surface area contributed by atoms with Gasteiger partial charge in [-0.15, -0.1) is 0 Å². The molecule has 1 heterocycles. The number of benzene rings is 1. The van der Waals surface area contributed by atoms with E-state index >= 15 is 0 Å². The Hall–Kier alpha value is -2.43. The summed E-state index contributed by atoms with van der Waals surface area (Å²) >= 11 is 0. The van der Waals surface area contributed by atoms with Crippen LogP contribution in [0.25, 0.3) is 0 Å². The van der Waals surface area contributed by atoms with E-state index in [0.29, 0.717) is 17.1 Å². The van der Waals surface area contributed by atoms with Crippen molar-refractivity contribution in [3.63, 3.8) is 0 Å². The van der Waals surface area contributed by atoms with E-state index in [1.54, 1.807) is 26.4 Å². The van der Waals surface area contributed by atoms with Crippen molar-refractivity contribution in [2.75, 3.05) is 14.2 Å². The summed E-state index contributed by atoms with van der Waals surface area (Å²) in [5.41, 5.74) is 1.37. The van der Waals surface area contributed by atoms with E-state index in [1.165, 1.54) is 12.5 Å². The Morgan fingerprint density at radius 1 is 1.25 bits per heavy atom. The van der Waals surface area contributed by atoms with Gasteiger partial charge in [0.15, 0.2) is 0 Å². The standard InChI is InChI=1S/C15H17NO4/c1-10(16-15(17)11-6-7-20-9-11)13-5-4-12(18-2)8-14(13)19-3/h4-10H,1-3H3,(H,16,17). The Bertz CT molecular complexity index is 578. The number of carbonyl (C=O) groups is 1. The summed E-state index contributed by atoms with van der Waals surface area (Å²) in [6, 6.07) is 6.91. The SMILES string of the molecule is COc1ccc(C(C)NC(=O)c2ccoc2)c(OC)c1. The van der Waals surface area contributed by atoms with Crippen LogP contribution in [0.15, 0.2) is 41.2 Å². The van der Waals surface area contributed by atoms with Crippen LogP contribution >= 0.6 is 0 Å². The van der Waals surface area contributed by atoms with Crippen LogP contribution < -0.4 is 14.8 Å². The summed E-state index contributed by atoms with van der Waals surface area (Å²) in [6.07, 6.45) is 2.88. The van der Waals surface area contributed by atoms with Crippen LogP contribution in [0.4, 0.5) is 0 Å². The fraction of sp³-hybridized carbons (Fsp3) is 0.267. The topological polar surface area (TPSA) is 60.7 Å². The fourth-order valence-electron chi connectivity index (χ4n) is 1.93. The molecule has 5 nitrogen and oxygen atoms in total. The second-order valence-corrected chi connectivity index (χ2v) is 4.32. The van der Waals surface area contributed by atoms with E-state index < -0.39 is 0 Å². The lowest BCUT2D eigenvalue weighted by atomic mass is 10.1. The van der Waals surface area contributed by atoms with Crippen molar-refractivity contribution in [3.05, 3.63) is 47.9 Å². The Morgan fingerprint density at radius 2 is 2.05 bits per heavy atom. The highest BCUT2D eigenvalue weighted by molar-refractivity contribution is 5.94. The van der Waals surface area contributed by atoms with Gasteiger partial charge in [-0.05, 0) is 25.1 Å². The first-order valence-electron chi connectivity index (χ1n) is 6.20. The van der Waals surface area contributed by atoms with Crippen LogP contribution in [0.5, 0.6) is 11.5 Å². The zero-order chi connectivity index (χ0) is 14.5. The number of carbonyl (C=O) groups excluding carboxylic acids is 1. The van der Waals surface area contributed by atoms with Gasteiger partial charge in [0.25, 0.3) is 5.91 Å². The molecule has 1 N–H and O–H groups in total. The molecule has 0 aliphatic heterocycles. The molecule has 0 bridgehead atoms. The minimum absolute atomic E-state index is 0.191. The molecule has 1 atom stereocenters. The third kappa shape index (κ3) is 2.93. The first kappa shape index (κ1) is 14.0. The molecule has 0 aliphatic rings. The summed E-state index contributed by atoms with van der Waals surface area (Å²) in [5.74, 6) is 1.19. The zero-order valence-corrected chi connectivity index (χ0v) is 11.7. The summed E-state index contributed by atoms with van der Waals surface area (Å²) in [6.45, 7) is 1.89. The highest BCUT2D eigenvalue weighted by Crippen LogP contribution is 2.29. The molecule has 1 aromatic heterocycles. The normalized spacial score (nSPS) is 11.8. The van der Waals surface area contributed by atoms with Crippen molar-refractivity contribution in [2.24, 2.45) is 0 Å². The number of ether oxygens (including phenoxy) is 2. The van der Waals surface area contributed by atoms with Crippen LogP contribution in [0, 0.1) is 0 Å². The van der Waals surface area contributed by atoms with Gasteiger partial charge in [0.05, 0.1) is 32.1 Å². The molecule has 1 unspecified atom stereocenters. The van der Waals surface area contributed by atoms with E-state index in [9.17, 15) is 4.79 Å². The molecule has 2 aromatic rings. The molecule has 0 radical (unpaired) electrons. The van der Waals surface area contributed by atoms with Crippen molar-refractivity contribution in [1.29, 1.82) is 0 Å². The monoisotopic (exact) mass is 275 g/mol. The molecule has 5 heteroatoms. The highest BCUT2D eigenvalue weighted by atomic mass is 16.5. The van der Waals surface area contributed by atoms with E-state index in [-0.39, 0.29) is 11.9 Å². The van der Waals surface area contributed by atoms with Gasteiger partial charge in [0.2, 0.25) is 0 Å². The van der Waals surface area contributed by atoms with Crippen molar-refractivity contribution >= 4 is 5.91 Å². The Morgan fingerprint density at radius 3 is 2.65 bits per heavy atom. The lowest BCUT2D eigenvalue weighted by molar-refractivity contribution is 0.0939. The fourth-order valence-corrected chi connectivity index (χ4v) is 1.93. The van der Waals surface area contributed by atoms with Crippen LogP contribution in [-0.4, -0.2) is 20.1 Å². The molecule has 106 valence electrons. The first-order chi connectivity index (χ1) is 9.65. The van der Waals surface area contributed by atoms with Gasteiger partial charge in [0, 0.05) is 11.6 Å². The lowest BCUT2D eigenvalue weighted by Gasteiger charge is -2.17. The minimum Gasteiger partial charge on any atom is -0.497 e. The van der Waals surface area contributed by atoms with Crippen LogP contribution in [0.2, 0.25) is 0 Å². The molecule has 0 fully saturated rings. The minimum atomic E-state index is -0.196. The summed E-state index contributed by atoms with van der Waals surface area (Å²) < 4.78 is 15.4. The Balaban J connectivity index is 2.16. The number of methoxy groups -OCH3 is 2. The number of amides is 1. The van der Waals surface area contributed by atoms with Gasteiger partial charge in [-0.25, -0.2) is 0 Å². The van der Waals surface area contributed by atoms with E-state index in [1.807, 2.05) is 19.1 Å². The summed E-state index contributed by atoms with van der Waals surface area (Å²) in [5, 5.41) is 2.89. The maximum absolute atomic E-state index is 12.0. The molecule has 0 saturated carbocycles. The van der Waals surface area contributed by atoms with Gasteiger partial charge >= 0.3 is 0 Å². The molecule has 0 spiro atoms. The van der Waals surface area contributed by atoms with Crippen molar-refractivity contribution in [1.82, 2.24) is 5.32 Å². The first-order valence-corrected chi connectivity index (χ1v) is 6.20. The van der Waals surface area contributed by atoms with E-state index in [0.717, 1.165) is 5.56 Å². The van der Waals surface area contributed by atoms with Crippen LogP contribution in [-0.2, 0) is 0 Å². The number of hydrogen-bond acceptors (Lipinski definition) is 4. The number of hydrogen-bond donors (Lipinski definition) is 1. The smallest absolute Gasteiger partial charge is 0.255 e. The maximum Gasteiger partial charge on any atom is 0.255 e. The van der Waals surface area contributed by atoms with Gasteiger partial charge in [0.1, 0.15) is 17.8 Å². The van der Waals surface area contributed by atoms with E-state index in [4.69, 9.17) is 13.9 Å². The molecule has 0 saturated heterocycles. The zero-order valence-electron chi connectivity index (χ0n) is 11.7. The van der Waals surface area contributed by atoms with Crippen LogP contribution in [0.1, 0.15) is 28.9 Å². The third-order valence-corrected chi connectivity index (χ3v) is 3.04. The molecule has 2 rings (SSSR count). The number of rotatable bonds is 5. The predicted octanol–water partition coefficient (Wildman–Crippen LogP) is 2.79. The highest BCUT2D eigenvalue weighted by Gasteiger charge is 2.16. The second kappa shape index (κ2) is 6.14. The van der Waals surface area contributed by atoms with Gasteiger partial charge < -0.3 is 19.2 Å². The van der Waals surface area contributed by atoms with Gasteiger partial charge in [-0.3, -0.25) is 4.79 Å². The average Bonchev–Trinajstić information content (AvgIpc) is 3.00. The summed E-state index contributed by atoms with van der Waals surface area (Å²) in [7, 11) is 3.18. The lowest BCUT2D eigenvalue weighted by Crippen LogP contribution is -2.26.